The Morgan fingerprint density at radius 2 is 0.923 bits per heavy atom. The SMILES string of the molecule is C[Si](C)(C)[Mg][Si](C)(C)C.OB(O)O. The van der Waals surface area contributed by atoms with Gasteiger partial charge in [0.05, 0.1) is 0 Å². The van der Waals surface area contributed by atoms with E-state index in [4.69, 9.17) is 15.1 Å². The minimum absolute atomic E-state index is 0.366. The van der Waals surface area contributed by atoms with Crippen LogP contribution in [0.4, 0.5) is 0 Å². The monoisotopic (exact) mass is 232 g/mol. The zero-order valence-electron chi connectivity index (χ0n) is 9.63. The normalized spacial score (nSPS) is 11.2. The topological polar surface area (TPSA) is 60.7 Å². The molecular formula is C6H21BMgO3Si2. The van der Waals surface area contributed by atoms with E-state index in [-0.39, 0.29) is 0 Å². The van der Waals surface area contributed by atoms with Gasteiger partial charge in [-0.05, 0) is 0 Å². The maximum Gasteiger partial charge on any atom is 0.631 e. The van der Waals surface area contributed by atoms with E-state index in [0.29, 0.717) is 18.8 Å². The quantitative estimate of drug-likeness (QED) is 0.601. The fraction of sp³-hybridized carbons (Fsp3) is 1.00. The Kier molecular flexibility index (Phi) is 8.41. The molecule has 0 aromatic carbocycles. The van der Waals surface area contributed by atoms with Gasteiger partial charge in [0.25, 0.3) is 0 Å². The molecule has 0 heterocycles. The van der Waals surface area contributed by atoms with Crippen molar-refractivity contribution in [2.24, 2.45) is 0 Å². The third kappa shape index (κ3) is 32.0. The van der Waals surface area contributed by atoms with Crippen molar-refractivity contribution in [3.63, 3.8) is 0 Å². The van der Waals surface area contributed by atoms with Crippen LogP contribution >= 0.6 is 0 Å². The van der Waals surface area contributed by atoms with Crippen molar-refractivity contribution < 1.29 is 15.1 Å². The lowest BCUT2D eigenvalue weighted by Gasteiger charge is -2.24. The summed E-state index contributed by atoms with van der Waals surface area (Å²) in [5, 5.41) is 21.5. The molecular weight excluding hydrogens is 211 g/mol. The fourth-order valence-electron chi connectivity index (χ4n) is 1.59. The third-order valence-electron chi connectivity index (χ3n) is 1.06. The van der Waals surface area contributed by atoms with Gasteiger partial charge in [-0.1, -0.05) is 50.7 Å². The van der Waals surface area contributed by atoms with Gasteiger partial charge in [0.2, 0.25) is 0 Å². The van der Waals surface area contributed by atoms with Gasteiger partial charge in [0.15, 0.2) is 0 Å². The molecule has 0 unspecified atom stereocenters. The lowest BCUT2D eigenvalue weighted by Crippen LogP contribution is -2.46. The molecule has 0 aliphatic carbocycles. The van der Waals surface area contributed by atoms with E-state index >= 15 is 0 Å². The van der Waals surface area contributed by atoms with Crippen LogP contribution in [0.5, 0.6) is 0 Å². The zero-order valence-corrected chi connectivity index (χ0v) is 13.0. The number of hydrogen-bond donors (Lipinski definition) is 3. The van der Waals surface area contributed by atoms with Crippen LogP contribution in [0.1, 0.15) is 0 Å². The molecule has 0 rings (SSSR count). The summed E-state index contributed by atoms with van der Waals surface area (Å²) in [5.41, 5.74) is -1.18. The zero-order chi connectivity index (χ0) is 11.3. The van der Waals surface area contributed by atoms with Crippen LogP contribution in [-0.4, -0.2) is 52.7 Å². The Hall–Kier alpha value is 1.14. The molecule has 0 bridgehead atoms. The Balaban J connectivity index is 0. The van der Waals surface area contributed by atoms with Gasteiger partial charge in [0, 0.05) is 0 Å². The second kappa shape index (κ2) is 6.60. The van der Waals surface area contributed by atoms with E-state index in [0.717, 1.165) is 0 Å². The molecule has 0 aromatic heterocycles. The van der Waals surface area contributed by atoms with Gasteiger partial charge < -0.3 is 15.1 Å². The molecule has 0 fully saturated rings. The van der Waals surface area contributed by atoms with Crippen molar-refractivity contribution >= 4 is 37.6 Å². The third-order valence-corrected chi connectivity index (χ3v) is 28.6. The van der Waals surface area contributed by atoms with Crippen LogP contribution in [0.2, 0.25) is 39.3 Å². The van der Waals surface area contributed by atoms with Gasteiger partial charge in [-0.25, -0.2) is 0 Å². The van der Waals surface area contributed by atoms with Gasteiger partial charge >= 0.3 is 26.1 Å². The van der Waals surface area contributed by atoms with Crippen LogP contribution in [0.15, 0.2) is 0 Å². The minimum atomic E-state index is -2.17. The molecule has 3 N–H and O–H groups in total. The fourth-order valence-corrected chi connectivity index (χ4v) is 43.0. The summed E-state index contributed by atoms with van der Waals surface area (Å²) >= 11 is 0.366. The Bertz CT molecular complexity index is 118. The van der Waals surface area contributed by atoms with Crippen molar-refractivity contribution in [2.45, 2.75) is 39.3 Å². The van der Waals surface area contributed by atoms with E-state index in [9.17, 15) is 0 Å². The van der Waals surface area contributed by atoms with E-state index in [2.05, 4.69) is 39.3 Å². The van der Waals surface area contributed by atoms with Crippen LogP contribution < -0.4 is 0 Å². The lowest BCUT2D eigenvalue weighted by molar-refractivity contribution is 0.278. The average Bonchev–Trinajstić information content (AvgIpc) is 1.47. The molecule has 3 nitrogen and oxygen atoms in total. The molecule has 0 spiro atoms. The van der Waals surface area contributed by atoms with Crippen LogP contribution in [0, 0.1) is 0 Å². The van der Waals surface area contributed by atoms with E-state index < -0.39 is 18.8 Å². The first-order chi connectivity index (χ1) is 5.44. The first-order valence-corrected chi connectivity index (χ1v) is 16.1. The maximum atomic E-state index is 7.17. The first-order valence-electron chi connectivity index (χ1n) is 4.48. The summed E-state index contributed by atoms with van der Waals surface area (Å²) in [7, 11) is -2.17. The Labute approximate surface area is 91.7 Å². The Morgan fingerprint density at radius 1 is 0.769 bits per heavy atom. The molecule has 0 atom stereocenters. The number of rotatable bonds is 2. The predicted octanol–water partition coefficient (Wildman–Crippen LogP) is 0.309. The maximum absolute atomic E-state index is 7.17. The molecule has 0 aliphatic rings. The highest BCUT2D eigenvalue weighted by molar-refractivity contribution is 7.52. The molecule has 0 radical (unpaired) electrons. The molecule has 76 valence electrons. The summed E-state index contributed by atoms with van der Waals surface area (Å²) in [4.78, 5) is 0. The van der Waals surface area contributed by atoms with Crippen LogP contribution in [0.25, 0.3) is 0 Å². The van der Waals surface area contributed by atoms with Gasteiger partial charge in [0.1, 0.15) is 0 Å². The predicted molar refractivity (Wildman–Crippen MR) is 64.9 cm³/mol. The second-order valence-corrected chi connectivity index (χ2v) is 33.2. The molecule has 7 heteroatoms. The average molecular weight is 233 g/mol. The van der Waals surface area contributed by atoms with Crippen molar-refractivity contribution in [3.05, 3.63) is 0 Å². The van der Waals surface area contributed by atoms with Crippen LogP contribution in [0.3, 0.4) is 0 Å². The summed E-state index contributed by atoms with van der Waals surface area (Å²) in [5.74, 6) is 0. The number of hydrogen-bond acceptors (Lipinski definition) is 3. The van der Waals surface area contributed by atoms with E-state index in [1.807, 2.05) is 0 Å². The van der Waals surface area contributed by atoms with Gasteiger partial charge in [-0.2, -0.15) is 0 Å². The summed E-state index contributed by atoms with van der Waals surface area (Å²) < 4.78 is 0. The smallest absolute Gasteiger partial charge is 0.402 e. The van der Waals surface area contributed by atoms with E-state index in [1.165, 1.54) is 0 Å². The van der Waals surface area contributed by atoms with Gasteiger partial charge in [-0.3, -0.25) is 0 Å². The highest BCUT2D eigenvalue weighted by Gasteiger charge is 2.26. The Morgan fingerprint density at radius 3 is 0.923 bits per heavy atom. The van der Waals surface area contributed by atoms with Crippen LogP contribution in [-0.2, 0) is 0 Å². The first kappa shape index (κ1) is 16.6. The highest BCUT2D eigenvalue weighted by Crippen LogP contribution is 2.07. The molecule has 0 amide bonds. The molecule has 0 aliphatic heterocycles. The minimum Gasteiger partial charge on any atom is -0.402 e. The van der Waals surface area contributed by atoms with E-state index in [1.54, 1.807) is 0 Å². The van der Waals surface area contributed by atoms with Crippen molar-refractivity contribution in [1.82, 2.24) is 0 Å². The molecule has 0 saturated heterocycles. The highest BCUT2D eigenvalue weighted by atomic mass is 28.7. The summed E-state index contributed by atoms with van der Waals surface area (Å²) in [6.07, 6.45) is 0. The van der Waals surface area contributed by atoms with Crippen molar-refractivity contribution in [3.8, 4) is 0 Å². The summed E-state index contributed by atoms with van der Waals surface area (Å²) in [6, 6.07) is 0. The largest absolute Gasteiger partial charge is 0.631 e. The molecule has 13 heavy (non-hydrogen) atoms. The standard InChI is InChI=1S/2C3H9Si.BH3O3.Mg/c2*1-4(2)3;2-1(3)4;/h2*1-3H3;2-4H;. The second-order valence-electron chi connectivity index (χ2n) is 5.64. The lowest BCUT2D eigenvalue weighted by atomic mass is 10.3. The summed E-state index contributed by atoms with van der Waals surface area (Å²) in [6.45, 7) is 15.2. The van der Waals surface area contributed by atoms with Gasteiger partial charge in [-0.15, -0.1) is 0 Å². The molecule has 0 saturated carbocycles. The van der Waals surface area contributed by atoms with Crippen molar-refractivity contribution in [1.29, 1.82) is 0 Å². The van der Waals surface area contributed by atoms with Crippen molar-refractivity contribution in [2.75, 3.05) is 0 Å². The molecule has 0 aromatic rings.